The van der Waals surface area contributed by atoms with Crippen molar-refractivity contribution in [2.45, 2.75) is 9.92 Å². The standard InChI is InChI=1S/C13H11NO3S/c1-17-11-6-3-7-12(14-11)18-10-5-2-4-9(8-10)13(15)16/h2-8H,1H3,(H,15,16). The number of carbonyl (C=O) groups is 1. The predicted molar refractivity (Wildman–Crippen MR) is 68.3 cm³/mol. The van der Waals surface area contributed by atoms with E-state index < -0.39 is 5.97 Å². The molecule has 0 aliphatic carbocycles. The Bertz CT molecular complexity index is 572. The molecule has 0 unspecified atom stereocenters. The number of hydrogen-bond acceptors (Lipinski definition) is 4. The van der Waals surface area contributed by atoms with Crippen LogP contribution in [0.1, 0.15) is 10.4 Å². The van der Waals surface area contributed by atoms with E-state index in [0.717, 1.165) is 9.92 Å². The molecule has 0 amide bonds. The summed E-state index contributed by atoms with van der Waals surface area (Å²) in [4.78, 5) is 15.9. The van der Waals surface area contributed by atoms with Crippen LogP contribution in [0.15, 0.2) is 52.4 Å². The zero-order valence-electron chi connectivity index (χ0n) is 9.66. The van der Waals surface area contributed by atoms with E-state index in [4.69, 9.17) is 9.84 Å². The molecule has 0 spiro atoms. The molecule has 2 rings (SSSR count). The molecule has 0 radical (unpaired) electrons. The molecule has 0 bridgehead atoms. The van der Waals surface area contributed by atoms with E-state index >= 15 is 0 Å². The lowest BCUT2D eigenvalue weighted by atomic mass is 10.2. The lowest BCUT2D eigenvalue weighted by Crippen LogP contribution is -1.95. The highest BCUT2D eigenvalue weighted by atomic mass is 32.2. The predicted octanol–water partition coefficient (Wildman–Crippen LogP) is 2.94. The molecule has 0 saturated heterocycles. The number of rotatable bonds is 4. The maximum Gasteiger partial charge on any atom is 0.335 e. The molecular formula is C13H11NO3S. The third-order valence-electron chi connectivity index (χ3n) is 2.21. The Morgan fingerprint density at radius 3 is 2.78 bits per heavy atom. The third kappa shape index (κ3) is 3.01. The first-order valence-corrected chi connectivity index (χ1v) is 6.03. The number of hydrogen-bond donors (Lipinski definition) is 1. The van der Waals surface area contributed by atoms with E-state index in [0.29, 0.717) is 5.88 Å². The second-order valence-electron chi connectivity index (χ2n) is 3.45. The fraction of sp³-hybridized carbons (Fsp3) is 0.0769. The smallest absolute Gasteiger partial charge is 0.335 e. The van der Waals surface area contributed by atoms with E-state index in [2.05, 4.69) is 4.98 Å². The average Bonchev–Trinajstić information content (AvgIpc) is 2.39. The molecule has 1 N–H and O–H groups in total. The summed E-state index contributed by atoms with van der Waals surface area (Å²) in [5.41, 5.74) is 0.267. The van der Waals surface area contributed by atoms with Gasteiger partial charge in [0.2, 0.25) is 5.88 Å². The molecule has 4 nitrogen and oxygen atoms in total. The van der Waals surface area contributed by atoms with Gasteiger partial charge in [0.1, 0.15) is 5.03 Å². The number of pyridine rings is 1. The van der Waals surface area contributed by atoms with Crippen molar-refractivity contribution in [3.63, 3.8) is 0 Å². The van der Waals surface area contributed by atoms with Gasteiger partial charge in [0.15, 0.2) is 0 Å². The van der Waals surface area contributed by atoms with Gasteiger partial charge in [0, 0.05) is 11.0 Å². The Hall–Kier alpha value is -2.01. The van der Waals surface area contributed by atoms with Crippen molar-refractivity contribution in [2.24, 2.45) is 0 Å². The highest BCUT2D eigenvalue weighted by Gasteiger charge is 2.05. The van der Waals surface area contributed by atoms with E-state index in [1.165, 1.54) is 11.8 Å². The van der Waals surface area contributed by atoms with Gasteiger partial charge in [-0.2, -0.15) is 0 Å². The minimum atomic E-state index is -0.934. The molecule has 1 aromatic carbocycles. The number of aromatic nitrogens is 1. The van der Waals surface area contributed by atoms with Gasteiger partial charge in [-0.3, -0.25) is 0 Å². The van der Waals surface area contributed by atoms with Crippen LogP contribution in [0.25, 0.3) is 0 Å². The quantitative estimate of drug-likeness (QED) is 0.917. The Morgan fingerprint density at radius 1 is 1.28 bits per heavy atom. The lowest BCUT2D eigenvalue weighted by molar-refractivity contribution is 0.0696. The van der Waals surface area contributed by atoms with Crippen molar-refractivity contribution in [1.29, 1.82) is 0 Å². The number of ether oxygens (including phenoxy) is 1. The SMILES string of the molecule is COc1cccc(Sc2cccc(C(=O)O)c2)n1. The molecule has 2 aromatic rings. The summed E-state index contributed by atoms with van der Waals surface area (Å²) in [5, 5.41) is 9.67. The van der Waals surface area contributed by atoms with E-state index in [-0.39, 0.29) is 5.56 Å². The van der Waals surface area contributed by atoms with Crippen LogP contribution >= 0.6 is 11.8 Å². The van der Waals surface area contributed by atoms with E-state index in [9.17, 15) is 4.79 Å². The zero-order valence-corrected chi connectivity index (χ0v) is 10.5. The van der Waals surface area contributed by atoms with Gasteiger partial charge in [-0.25, -0.2) is 9.78 Å². The molecule has 5 heteroatoms. The molecular weight excluding hydrogens is 250 g/mol. The van der Waals surface area contributed by atoms with Crippen molar-refractivity contribution >= 4 is 17.7 Å². The van der Waals surface area contributed by atoms with Crippen molar-refractivity contribution in [3.05, 3.63) is 48.0 Å². The van der Waals surface area contributed by atoms with Gasteiger partial charge in [-0.15, -0.1) is 0 Å². The molecule has 1 aromatic heterocycles. The van der Waals surface area contributed by atoms with Crippen molar-refractivity contribution in [2.75, 3.05) is 7.11 Å². The molecule has 18 heavy (non-hydrogen) atoms. The summed E-state index contributed by atoms with van der Waals surface area (Å²) in [7, 11) is 1.56. The van der Waals surface area contributed by atoms with Crippen LogP contribution in [0.2, 0.25) is 0 Å². The molecule has 92 valence electrons. The first-order chi connectivity index (χ1) is 8.69. The normalized spacial score (nSPS) is 10.1. The van der Waals surface area contributed by atoms with Crippen molar-refractivity contribution in [3.8, 4) is 5.88 Å². The topological polar surface area (TPSA) is 59.4 Å². The second kappa shape index (κ2) is 5.55. The van der Waals surface area contributed by atoms with Gasteiger partial charge >= 0.3 is 5.97 Å². The molecule has 0 saturated carbocycles. The number of carboxylic acids is 1. The Kier molecular flexibility index (Phi) is 3.84. The average molecular weight is 261 g/mol. The summed E-state index contributed by atoms with van der Waals surface area (Å²) in [5.74, 6) is -0.398. The fourth-order valence-electron chi connectivity index (χ4n) is 1.38. The number of carboxylic acid groups (broad SMARTS) is 1. The third-order valence-corrected chi connectivity index (χ3v) is 3.14. The molecule has 0 aliphatic heterocycles. The van der Waals surface area contributed by atoms with Crippen LogP contribution < -0.4 is 4.74 Å². The van der Waals surface area contributed by atoms with E-state index in [1.807, 2.05) is 18.2 Å². The van der Waals surface area contributed by atoms with Crippen molar-refractivity contribution < 1.29 is 14.6 Å². The number of benzene rings is 1. The summed E-state index contributed by atoms with van der Waals surface area (Å²) in [6.45, 7) is 0. The van der Waals surface area contributed by atoms with E-state index in [1.54, 1.807) is 31.4 Å². The molecule has 0 atom stereocenters. The summed E-state index contributed by atoms with van der Waals surface area (Å²) in [6, 6.07) is 12.2. The fourth-order valence-corrected chi connectivity index (χ4v) is 2.24. The van der Waals surface area contributed by atoms with Crippen LogP contribution in [-0.4, -0.2) is 23.2 Å². The Labute approximate surface area is 109 Å². The van der Waals surface area contributed by atoms with Crippen LogP contribution in [0.5, 0.6) is 5.88 Å². The Balaban J connectivity index is 2.22. The monoisotopic (exact) mass is 261 g/mol. The van der Waals surface area contributed by atoms with Gasteiger partial charge in [0.25, 0.3) is 0 Å². The van der Waals surface area contributed by atoms with Gasteiger partial charge in [0.05, 0.1) is 12.7 Å². The van der Waals surface area contributed by atoms with Gasteiger partial charge < -0.3 is 9.84 Å². The van der Waals surface area contributed by atoms with Crippen LogP contribution in [0, 0.1) is 0 Å². The van der Waals surface area contributed by atoms with Crippen molar-refractivity contribution in [1.82, 2.24) is 4.98 Å². The zero-order chi connectivity index (χ0) is 13.0. The number of methoxy groups -OCH3 is 1. The first-order valence-electron chi connectivity index (χ1n) is 5.21. The number of aromatic carboxylic acids is 1. The Morgan fingerprint density at radius 2 is 2.06 bits per heavy atom. The number of nitrogens with zero attached hydrogens (tertiary/aromatic N) is 1. The maximum atomic E-state index is 10.9. The van der Waals surface area contributed by atoms with Crippen LogP contribution in [0.4, 0.5) is 0 Å². The van der Waals surface area contributed by atoms with Gasteiger partial charge in [-0.05, 0) is 24.3 Å². The summed E-state index contributed by atoms with van der Waals surface area (Å²) >= 11 is 1.39. The summed E-state index contributed by atoms with van der Waals surface area (Å²) in [6.07, 6.45) is 0. The first kappa shape index (κ1) is 12.4. The minimum Gasteiger partial charge on any atom is -0.481 e. The molecule has 0 aliphatic rings. The maximum absolute atomic E-state index is 10.9. The van der Waals surface area contributed by atoms with Gasteiger partial charge in [-0.1, -0.05) is 23.9 Å². The summed E-state index contributed by atoms with van der Waals surface area (Å²) < 4.78 is 5.04. The minimum absolute atomic E-state index is 0.267. The largest absolute Gasteiger partial charge is 0.481 e. The highest BCUT2D eigenvalue weighted by molar-refractivity contribution is 7.99. The highest BCUT2D eigenvalue weighted by Crippen LogP contribution is 2.27. The molecule has 0 fully saturated rings. The molecule has 1 heterocycles. The lowest BCUT2D eigenvalue weighted by Gasteiger charge is -2.04. The second-order valence-corrected chi connectivity index (χ2v) is 4.55. The van der Waals surface area contributed by atoms with Crippen LogP contribution in [0.3, 0.4) is 0 Å². The van der Waals surface area contributed by atoms with Crippen LogP contribution in [-0.2, 0) is 0 Å².